The predicted octanol–water partition coefficient (Wildman–Crippen LogP) is 1.83. The number of carbonyl (C=O) groups excluding carboxylic acids is 2. The molecule has 3 rings (SSSR count). The van der Waals surface area contributed by atoms with E-state index in [9.17, 15) is 18.0 Å². The molecule has 10 heteroatoms. The third-order valence-electron chi connectivity index (χ3n) is 5.15. The Morgan fingerprint density at radius 3 is 2.63 bits per heavy atom. The van der Waals surface area contributed by atoms with Crippen molar-refractivity contribution < 1.29 is 22.7 Å². The summed E-state index contributed by atoms with van der Waals surface area (Å²) in [5.74, 6) is -0.705. The predicted molar refractivity (Wildman–Crippen MR) is 111 cm³/mol. The molecule has 1 aromatic carbocycles. The number of hydrogen-bond donors (Lipinski definition) is 2. The van der Waals surface area contributed by atoms with Gasteiger partial charge in [-0.05, 0) is 43.4 Å². The fourth-order valence-corrected chi connectivity index (χ4v) is 4.54. The number of nitrogens with zero attached hydrogens (tertiary/aromatic N) is 2. The molecule has 2 aromatic rings. The first kappa shape index (κ1) is 21.8. The van der Waals surface area contributed by atoms with Crippen LogP contribution in [0.5, 0.6) is 5.75 Å². The number of benzene rings is 1. The van der Waals surface area contributed by atoms with Crippen LogP contribution < -0.4 is 14.8 Å². The Hall–Kier alpha value is -2.88. The molecule has 0 aliphatic carbocycles. The van der Waals surface area contributed by atoms with Crippen molar-refractivity contribution in [3.63, 3.8) is 0 Å². The van der Waals surface area contributed by atoms with Gasteiger partial charge in [0.25, 0.3) is 15.9 Å². The molecule has 0 fully saturated rings. The summed E-state index contributed by atoms with van der Waals surface area (Å²) in [5, 5.41) is 6.86. The van der Waals surface area contributed by atoms with Crippen LogP contribution in [0.2, 0.25) is 0 Å². The van der Waals surface area contributed by atoms with Gasteiger partial charge in [0.15, 0.2) is 6.10 Å². The molecule has 2 heterocycles. The Kier molecular flexibility index (Phi) is 5.89. The molecule has 30 heavy (non-hydrogen) atoms. The molecule has 0 bridgehead atoms. The van der Waals surface area contributed by atoms with Crippen LogP contribution in [0.4, 0.5) is 5.69 Å². The first-order valence-corrected chi connectivity index (χ1v) is 11.1. The molecular formula is C20H26N4O5S. The number of nitrogens with one attached hydrogen (secondary N) is 2. The van der Waals surface area contributed by atoms with Crippen molar-refractivity contribution in [1.82, 2.24) is 14.5 Å². The van der Waals surface area contributed by atoms with Crippen LogP contribution in [0.25, 0.3) is 0 Å². The van der Waals surface area contributed by atoms with Gasteiger partial charge < -0.3 is 10.1 Å². The monoisotopic (exact) mass is 434 g/mol. The Morgan fingerprint density at radius 2 is 2.03 bits per heavy atom. The van der Waals surface area contributed by atoms with Gasteiger partial charge in [0, 0.05) is 25.2 Å². The molecule has 2 N–H and O–H groups in total. The summed E-state index contributed by atoms with van der Waals surface area (Å²) in [7, 11) is -2.30. The summed E-state index contributed by atoms with van der Waals surface area (Å²) in [6.45, 7) is 7.16. The molecule has 9 nitrogen and oxygen atoms in total. The number of carbonyl (C=O) groups is 2. The average molecular weight is 435 g/mol. The third-order valence-corrected chi connectivity index (χ3v) is 6.66. The largest absolute Gasteiger partial charge is 0.478 e. The molecule has 162 valence electrons. The molecule has 1 aliphatic heterocycles. The first-order chi connectivity index (χ1) is 14.0. The fourth-order valence-electron chi connectivity index (χ4n) is 3.28. The molecule has 0 radical (unpaired) electrons. The van der Waals surface area contributed by atoms with Crippen LogP contribution in [0, 0.1) is 19.8 Å². The maximum absolute atomic E-state index is 12.8. The number of aryl methyl sites for hydroxylation is 3. The third kappa shape index (κ3) is 4.33. The van der Waals surface area contributed by atoms with Gasteiger partial charge in [0.05, 0.1) is 16.8 Å². The van der Waals surface area contributed by atoms with Gasteiger partial charge in [-0.15, -0.1) is 0 Å². The zero-order valence-electron chi connectivity index (χ0n) is 17.6. The van der Waals surface area contributed by atoms with E-state index in [1.165, 1.54) is 12.1 Å². The highest BCUT2D eigenvalue weighted by Crippen LogP contribution is 2.35. The van der Waals surface area contributed by atoms with Crippen LogP contribution in [0.15, 0.2) is 23.2 Å². The minimum absolute atomic E-state index is 0.0116. The molecule has 1 aromatic heterocycles. The van der Waals surface area contributed by atoms with Crippen LogP contribution in [0.3, 0.4) is 0 Å². The second-order valence-corrected chi connectivity index (χ2v) is 9.44. The van der Waals surface area contributed by atoms with E-state index in [2.05, 4.69) is 15.1 Å². The van der Waals surface area contributed by atoms with Gasteiger partial charge in [-0.3, -0.25) is 14.3 Å². The van der Waals surface area contributed by atoms with E-state index >= 15 is 0 Å². The summed E-state index contributed by atoms with van der Waals surface area (Å²) < 4.78 is 35.2. The van der Waals surface area contributed by atoms with Crippen molar-refractivity contribution in [2.24, 2.45) is 13.0 Å². The zero-order chi connectivity index (χ0) is 22.2. The Balaban J connectivity index is 1.77. The van der Waals surface area contributed by atoms with Crippen molar-refractivity contribution in [3.05, 3.63) is 35.2 Å². The van der Waals surface area contributed by atoms with Gasteiger partial charge in [0.1, 0.15) is 5.75 Å². The lowest BCUT2D eigenvalue weighted by Gasteiger charge is -2.29. The molecule has 0 saturated carbocycles. The smallest absolute Gasteiger partial charge is 0.265 e. The molecule has 1 aliphatic rings. The van der Waals surface area contributed by atoms with E-state index in [0.717, 1.165) is 11.3 Å². The molecule has 0 spiro atoms. The van der Waals surface area contributed by atoms with Gasteiger partial charge in [-0.1, -0.05) is 13.8 Å². The highest BCUT2D eigenvalue weighted by molar-refractivity contribution is 7.90. The number of rotatable bonds is 6. The SMILES string of the molecule is Cc1cc2c(cc1S(=O)(=O)NC(=O)CCc1cnn(C)c1C)OC(C(C)C)C(=O)N2. The van der Waals surface area contributed by atoms with Gasteiger partial charge >= 0.3 is 0 Å². The highest BCUT2D eigenvalue weighted by atomic mass is 32.2. The summed E-state index contributed by atoms with van der Waals surface area (Å²) in [6, 6.07) is 2.88. The van der Waals surface area contributed by atoms with Crippen LogP contribution in [-0.2, 0) is 33.1 Å². The lowest BCUT2D eigenvalue weighted by atomic mass is 10.0. The van der Waals surface area contributed by atoms with Crippen molar-refractivity contribution in [1.29, 1.82) is 0 Å². The highest BCUT2D eigenvalue weighted by Gasteiger charge is 2.32. The van der Waals surface area contributed by atoms with Gasteiger partial charge in [-0.2, -0.15) is 5.10 Å². The minimum Gasteiger partial charge on any atom is -0.478 e. The van der Waals surface area contributed by atoms with Crippen LogP contribution in [-0.4, -0.2) is 36.1 Å². The molecule has 2 amide bonds. The normalized spacial score (nSPS) is 16.1. The number of anilines is 1. The van der Waals surface area contributed by atoms with Crippen molar-refractivity contribution >= 4 is 27.5 Å². The molecular weight excluding hydrogens is 408 g/mol. The second kappa shape index (κ2) is 8.10. The number of ether oxygens (including phenoxy) is 1. The van der Waals surface area contributed by atoms with E-state index in [1.807, 2.05) is 20.8 Å². The lowest BCUT2D eigenvalue weighted by Crippen LogP contribution is -2.40. The van der Waals surface area contributed by atoms with E-state index in [0.29, 0.717) is 17.7 Å². The average Bonchev–Trinajstić information content (AvgIpc) is 2.96. The van der Waals surface area contributed by atoms with Gasteiger partial charge in [-0.25, -0.2) is 13.1 Å². The van der Waals surface area contributed by atoms with E-state index in [1.54, 1.807) is 24.9 Å². The Labute approximate surface area is 175 Å². The molecule has 0 saturated heterocycles. The quantitative estimate of drug-likeness (QED) is 0.716. The number of hydrogen-bond acceptors (Lipinski definition) is 6. The summed E-state index contributed by atoms with van der Waals surface area (Å²) in [4.78, 5) is 24.4. The zero-order valence-corrected chi connectivity index (χ0v) is 18.5. The van der Waals surface area contributed by atoms with E-state index < -0.39 is 22.0 Å². The van der Waals surface area contributed by atoms with E-state index in [-0.39, 0.29) is 28.9 Å². The van der Waals surface area contributed by atoms with Crippen molar-refractivity contribution in [2.45, 2.75) is 51.5 Å². The first-order valence-electron chi connectivity index (χ1n) is 9.65. The second-order valence-electron chi connectivity index (χ2n) is 7.79. The summed E-state index contributed by atoms with van der Waals surface area (Å²) in [5.41, 5.74) is 2.62. The van der Waals surface area contributed by atoms with Crippen molar-refractivity contribution in [3.8, 4) is 5.75 Å². The standard InChI is InChI=1S/C20H26N4O5S/c1-11(2)19-20(26)22-15-8-12(3)17(9-16(15)29-19)30(27,28)23-18(25)7-6-14-10-21-24(5)13(14)4/h8-11,19H,6-7H2,1-5H3,(H,22,26)(H,23,25). The number of fused-ring (bicyclic) bond motifs is 1. The van der Waals surface area contributed by atoms with E-state index in [4.69, 9.17) is 4.74 Å². The summed E-state index contributed by atoms with van der Waals surface area (Å²) in [6.07, 6.45) is 1.35. The molecule has 1 unspecified atom stereocenters. The maximum atomic E-state index is 12.8. The number of amides is 2. The number of sulfonamides is 1. The van der Waals surface area contributed by atoms with Crippen molar-refractivity contribution in [2.75, 3.05) is 5.32 Å². The van der Waals surface area contributed by atoms with Crippen LogP contribution in [0.1, 0.15) is 37.1 Å². The fraction of sp³-hybridized carbons (Fsp3) is 0.450. The Morgan fingerprint density at radius 1 is 1.33 bits per heavy atom. The maximum Gasteiger partial charge on any atom is 0.265 e. The Bertz CT molecular complexity index is 1100. The minimum atomic E-state index is -4.10. The van der Waals surface area contributed by atoms with Gasteiger partial charge in [0.2, 0.25) is 5.91 Å². The summed E-state index contributed by atoms with van der Waals surface area (Å²) >= 11 is 0. The lowest BCUT2D eigenvalue weighted by molar-refractivity contribution is -0.125. The number of aromatic nitrogens is 2. The molecule has 1 atom stereocenters. The topological polar surface area (TPSA) is 119 Å². The van der Waals surface area contributed by atoms with Crippen LogP contribution >= 0.6 is 0 Å².